The Hall–Kier alpha value is -5.77. The second-order valence-corrected chi connectivity index (χ2v) is 24.4. The third-order valence-electron chi connectivity index (χ3n) is 12.1. The topological polar surface area (TPSA) is 0 Å². The van der Waals surface area contributed by atoms with Gasteiger partial charge >= 0.3 is 0 Å². The van der Waals surface area contributed by atoms with Gasteiger partial charge in [-0.05, 0) is 173 Å². The van der Waals surface area contributed by atoms with E-state index in [0.717, 1.165) is 55.6 Å². The first-order chi connectivity index (χ1) is 36.4. The zero-order chi connectivity index (χ0) is 53.1. The molecule has 0 aromatic heterocycles. The summed E-state index contributed by atoms with van der Waals surface area (Å²) < 4.78 is 0. The number of benzene rings is 6. The third-order valence-corrected chi connectivity index (χ3v) is 18.4. The monoisotopic (exact) mass is 1200 g/mol. The minimum atomic E-state index is 0. The second kappa shape index (κ2) is 43.5. The first-order valence-corrected chi connectivity index (χ1v) is 31.7. The van der Waals surface area contributed by atoms with Gasteiger partial charge in [-0.3, -0.25) is 0 Å². The molecule has 0 bridgehead atoms. The van der Waals surface area contributed by atoms with Crippen LogP contribution in [-0.2, 0) is 21.1 Å². The predicted molar refractivity (Wildman–Crippen MR) is 330 cm³/mol. The zero-order valence-corrected chi connectivity index (χ0v) is 50.3. The molecule has 0 amide bonds. The molecule has 0 nitrogen and oxygen atoms in total. The molecule has 0 aliphatic carbocycles. The van der Waals surface area contributed by atoms with E-state index in [1.807, 2.05) is 158 Å². The molecule has 388 valence electrons. The van der Waals surface area contributed by atoms with E-state index in [2.05, 4.69) is 101 Å². The molecule has 75 heavy (non-hydrogen) atoms. The van der Waals surface area contributed by atoms with Crippen molar-refractivity contribution < 1.29 is 21.1 Å². The fraction of sp³-hybridized carbons (Fsp3) is 0.333. The fourth-order valence-electron chi connectivity index (χ4n) is 7.48. The van der Waals surface area contributed by atoms with Gasteiger partial charge in [0.1, 0.15) is 0 Å². The Labute approximate surface area is 474 Å². The Balaban J connectivity index is 0.000000356. The van der Waals surface area contributed by atoms with Crippen molar-refractivity contribution in [1.82, 2.24) is 0 Å². The molecule has 2 radical (unpaired) electrons. The van der Waals surface area contributed by atoms with Gasteiger partial charge in [0.25, 0.3) is 0 Å². The van der Waals surface area contributed by atoms with Gasteiger partial charge in [0.15, 0.2) is 0 Å². The van der Waals surface area contributed by atoms with E-state index in [9.17, 15) is 0 Å². The quantitative estimate of drug-likeness (QED) is 0.0594. The van der Waals surface area contributed by atoms with Crippen LogP contribution in [0.3, 0.4) is 0 Å². The van der Waals surface area contributed by atoms with Crippen molar-refractivity contribution in [3.63, 3.8) is 0 Å². The summed E-state index contributed by atoms with van der Waals surface area (Å²) in [5, 5.41) is 0. The van der Waals surface area contributed by atoms with Crippen LogP contribution in [-0.4, -0.2) is 37.0 Å². The van der Waals surface area contributed by atoms with Gasteiger partial charge < -0.3 is 0 Å². The summed E-state index contributed by atoms with van der Waals surface area (Å²) in [6.45, 7) is 13.9. The van der Waals surface area contributed by atoms with Crippen LogP contribution in [0.15, 0.2) is 158 Å². The summed E-state index contributed by atoms with van der Waals surface area (Å²) in [5.41, 5.74) is 9.18. The summed E-state index contributed by atoms with van der Waals surface area (Å²) in [6, 6.07) is 50.6. The van der Waals surface area contributed by atoms with Gasteiger partial charge in [-0.15, -0.1) is 0 Å². The average molecular weight is 1200 g/mol. The van der Waals surface area contributed by atoms with Crippen molar-refractivity contribution in [2.45, 2.75) is 119 Å². The van der Waals surface area contributed by atoms with Crippen LogP contribution in [0.1, 0.15) is 174 Å². The molecule has 0 saturated carbocycles. The van der Waals surface area contributed by atoms with Gasteiger partial charge in [-0.1, -0.05) is 176 Å². The molecule has 3 heteroatoms. The summed E-state index contributed by atoms with van der Waals surface area (Å²) in [5.74, 6) is 29.8. The molecule has 6 aromatic carbocycles. The number of unbranched alkanes of at least 4 members (excludes halogenated alkanes) is 6. The number of hydrogen-bond donors (Lipinski definition) is 0. The Bertz CT molecular complexity index is 2510. The molecule has 0 heterocycles. The molecule has 0 aliphatic heterocycles. The molecule has 6 aromatic rings. The molecule has 0 aliphatic rings. The first-order valence-electron chi connectivity index (χ1n) is 27.5. The van der Waals surface area contributed by atoms with Crippen LogP contribution in [0.5, 0.6) is 0 Å². The van der Waals surface area contributed by atoms with E-state index in [1.54, 1.807) is 37.0 Å². The van der Waals surface area contributed by atoms with Gasteiger partial charge in [0.05, 0.1) is 37.0 Å². The minimum absolute atomic E-state index is 0. The van der Waals surface area contributed by atoms with Crippen LogP contribution in [0.25, 0.3) is 0 Å². The second-order valence-electron chi connectivity index (χ2n) is 18.4. The van der Waals surface area contributed by atoms with Crippen molar-refractivity contribution in [2.75, 3.05) is 37.0 Å². The summed E-state index contributed by atoms with van der Waals surface area (Å²) in [4.78, 5) is 0. The molecule has 0 saturated heterocycles. The van der Waals surface area contributed by atoms with E-state index in [0.29, 0.717) is 0 Å². The number of hydrogen-bond acceptors (Lipinski definition) is 0. The smallest absolute Gasteiger partial charge is 0.0571 e. The Morgan fingerprint density at radius 1 is 0.253 bits per heavy atom. The van der Waals surface area contributed by atoms with Gasteiger partial charge in [-0.2, -0.15) is 0 Å². The summed E-state index contributed by atoms with van der Waals surface area (Å²) in [6.07, 6.45) is 40.9. The van der Waals surface area contributed by atoms with Crippen molar-refractivity contribution in [2.24, 2.45) is 0 Å². The van der Waals surface area contributed by atoms with Crippen LogP contribution in [0.2, 0.25) is 0 Å². The Morgan fingerprint density at radius 3 is 0.573 bits per heavy atom. The van der Waals surface area contributed by atoms with E-state index >= 15 is 0 Å². The van der Waals surface area contributed by atoms with Crippen LogP contribution in [0, 0.1) is 72.1 Å². The van der Waals surface area contributed by atoms with Gasteiger partial charge in [0.2, 0.25) is 0 Å². The Morgan fingerprint density at radius 2 is 0.413 bits per heavy atom. The maximum atomic E-state index is 7.06. The Kier molecular flexibility index (Phi) is 37.9. The van der Waals surface area contributed by atoms with Gasteiger partial charge in [0, 0.05) is 92.5 Å². The maximum absolute atomic E-state index is 7.06. The first kappa shape index (κ1) is 65.3. The predicted octanol–water partition coefficient (Wildman–Crippen LogP) is 18.0. The zero-order valence-electron chi connectivity index (χ0n) is 46.1. The average Bonchev–Trinajstić information content (AvgIpc) is 3.46. The SMILES string of the molecule is CCCC[PH+](CCCC)CCCC.CCCC[PH+](CCCC)CCCC.[C]#Cc1ccc(C#Cc2ccc(C#Cc3ccccc3)cc2)cc1.[C]#Cc1ccc(C#Cc2ccc(C#Cc3ccccc3)cc2)cc1.[Pt]. The molecule has 0 spiro atoms. The molecule has 0 N–H and O–H groups in total. The molecule has 0 unspecified atom stereocenters. The molecular weight excluding hydrogens is 1120 g/mol. The van der Waals surface area contributed by atoms with Crippen LogP contribution < -0.4 is 0 Å². The third kappa shape index (κ3) is 31.0. The summed E-state index contributed by atoms with van der Waals surface area (Å²) >= 11 is 0. The molecule has 0 fully saturated rings. The van der Waals surface area contributed by atoms with Crippen molar-refractivity contribution >= 4 is 15.8 Å². The minimum Gasteiger partial charge on any atom is -0.0652 e. The largest absolute Gasteiger partial charge is 0.0652 e. The van der Waals surface area contributed by atoms with E-state index in [4.69, 9.17) is 12.8 Å². The van der Waals surface area contributed by atoms with E-state index in [-0.39, 0.29) is 36.9 Å². The summed E-state index contributed by atoms with van der Waals surface area (Å²) in [7, 11) is 0.135. The molecule has 0 atom stereocenters. The van der Waals surface area contributed by atoms with Crippen molar-refractivity contribution in [3.05, 3.63) is 226 Å². The maximum Gasteiger partial charge on any atom is 0.0571 e. The normalized spacial score (nSPS) is 9.57. The van der Waals surface area contributed by atoms with Gasteiger partial charge in [-0.25, -0.2) is 0 Å². The van der Waals surface area contributed by atoms with Crippen molar-refractivity contribution in [3.8, 4) is 59.2 Å². The van der Waals surface area contributed by atoms with Crippen molar-refractivity contribution in [1.29, 1.82) is 0 Å². The van der Waals surface area contributed by atoms with Crippen LogP contribution in [0.4, 0.5) is 0 Å². The fourth-order valence-corrected chi connectivity index (χ4v) is 14.1. The standard InChI is InChI=1S/2C24H13.2C12H27P.Pt/c2*1-2-20-8-10-22(11-9-20)14-15-24-18-16-23(17-19-24)13-12-21-6-4-3-5-7-21;2*1-4-7-10-13(11-8-5-2)12-9-6-3;/h2*3-11,16-19H;2*4-12H2,1-3H3;/p+2. The van der Waals surface area contributed by atoms with E-state index in [1.165, 1.54) is 77.0 Å². The molecular formula is C72H82P2Pt+2. The number of rotatable bonds is 18. The van der Waals surface area contributed by atoms with E-state index < -0.39 is 0 Å². The molecule has 6 rings (SSSR count). The van der Waals surface area contributed by atoms with Crippen LogP contribution >= 0.6 is 15.8 Å².